The average molecular weight is 352 g/mol. The van der Waals surface area contributed by atoms with E-state index in [1.54, 1.807) is 12.1 Å². The van der Waals surface area contributed by atoms with E-state index in [9.17, 15) is 13.9 Å². The maximum atomic E-state index is 14.0. The van der Waals surface area contributed by atoms with Crippen molar-refractivity contribution in [1.29, 1.82) is 0 Å². The van der Waals surface area contributed by atoms with Gasteiger partial charge in [-0.25, -0.2) is 4.39 Å². The number of rotatable bonds is 6. The highest BCUT2D eigenvalue weighted by molar-refractivity contribution is 5.71. The molecule has 0 saturated carbocycles. The molecule has 0 aliphatic rings. The maximum Gasteiger partial charge on any atom is 0.200 e. The fourth-order valence-corrected chi connectivity index (χ4v) is 3.05. The van der Waals surface area contributed by atoms with Gasteiger partial charge in [-0.2, -0.15) is 4.39 Å². The van der Waals surface area contributed by atoms with Crippen molar-refractivity contribution in [1.82, 2.24) is 0 Å². The molecule has 3 aromatic carbocycles. The lowest BCUT2D eigenvalue weighted by atomic mass is 9.98. The summed E-state index contributed by atoms with van der Waals surface area (Å²) < 4.78 is 27.6. The second-order valence-electron chi connectivity index (χ2n) is 6.49. The van der Waals surface area contributed by atoms with E-state index in [0.29, 0.717) is 5.56 Å². The van der Waals surface area contributed by atoms with Crippen LogP contribution in [0, 0.1) is 11.6 Å². The monoisotopic (exact) mass is 352 g/mol. The van der Waals surface area contributed by atoms with E-state index in [-0.39, 0.29) is 5.56 Å². The predicted octanol–water partition coefficient (Wildman–Crippen LogP) is 6.74. The van der Waals surface area contributed by atoms with Crippen molar-refractivity contribution in [2.24, 2.45) is 0 Å². The van der Waals surface area contributed by atoms with Crippen LogP contribution in [0.25, 0.3) is 22.3 Å². The third-order valence-electron chi connectivity index (χ3n) is 4.61. The van der Waals surface area contributed by atoms with Crippen molar-refractivity contribution in [3.63, 3.8) is 0 Å². The van der Waals surface area contributed by atoms with Crippen molar-refractivity contribution >= 4 is 0 Å². The lowest BCUT2D eigenvalue weighted by Crippen LogP contribution is -1.90. The number of hydrogen-bond donors (Lipinski definition) is 1. The molecule has 0 heterocycles. The molecular formula is C23H22F2O. The normalized spacial score (nSPS) is 10.9. The number of halogens is 2. The highest BCUT2D eigenvalue weighted by atomic mass is 19.2. The van der Waals surface area contributed by atoms with Gasteiger partial charge in [0.2, 0.25) is 5.82 Å². The maximum absolute atomic E-state index is 14.0. The molecule has 0 amide bonds. The van der Waals surface area contributed by atoms with Crippen molar-refractivity contribution in [2.45, 2.75) is 32.6 Å². The van der Waals surface area contributed by atoms with Crippen molar-refractivity contribution in [3.8, 4) is 28.0 Å². The third kappa shape index (κ3) is 3.93. The van der Waals surface area contributed by atoms with E-state index in [2.05, 4.69) is 31.2 Å². The van der Waals surface area contributed by atoms with E-state index < -0.39 is 17.4 Å². The second kappa shape index (κ2) is 8.13. The zero-order valence-corrected chi connectivity index (χ0v) is 14.8. The molecule has 0 saturated heterocycles. The Kier molecular flexibility index (Phi) is 5.67. The standard InChI is InChI=1S/C23H22F2O/c1-2-3-4-5-16-6-8-17(9-7-16)18-10-12-19(13-11-18)20-14-15-21(26)23(25)22(20)24/h6-15,26H,2-5H2,1H3. The molecule has 0 bridgehead atoms. The molecule has 3 aromatic rings. The second-order valence-corrected chi connectivity index (χ2v) is 6.49. The van der Waals surface area contributed by atoms with Gasteiger partial charge >= 0.3 is 0 Å². The summed E-state index contributed by atoms with van der Waals surface area (Å²) in [6.07, 6.45) is 4.77. The van der Waals surface area contributed by atoms with Gasteiger partial charge in [0, 0.05) is 5.56 Å². The number of phenols is 1. The number of hydrogen-bond acceptors (Lipinski definition) is 1. The van der Waals surface area contributed by atoms with Crippen molar-refractivity contribution in [2.75, 3.05) is 0 Å². The summed E-state index contributed by atoms with van der Waals surface area (Å²) in [7, 11) is 0. The van der Waals surface area contributed by atoms with Crippen LogP contribution in [0.5, 0.6) is 5.75 Å². The quantitative estimate of drug-likeness (QED) is 0.487. The fraction of sp³-hybridized carbons (Fsp3) is 0.217. The average Bonchev–Trinajstić information content (AvgIpc) is 2.67. The number of benzene rings is 3. The van der Waals surface area contributed by atoms with E-state index in [1.165, 1.54) is 37.0 Å². The first-order chi connectivity index (χ1) is 12.6. The minimum absolute atomic E-state index is 0.137. The van der Waals surface area contributed by atoms with Gasteiger partial charge in [0.15, 0.2) is 11.6 Å². The van der Waals surface area contributed by atoms with Crippen LogP contribution in [0.4, 0.5) is 8.78 Å². The topological polar surface area (TPSA) is 20.2 Å². The number of unbranched alkanes of at least 4 members (excludes halogenated alkanes) is 2. The van der Waals surface area contributed by atoms with Crippen LogP contribution in [-0.4, -0.2) is 5.11 Å². The Morgan fingerprint density at radius 3 is 1.88 bits per heavy atom. The van der Waals surface area contributed by atoms with Gasteiger partial charge in [-0.05, 0) is 47.2 Å². The molecule has 3 heteroatoms. The van der Waals surface area contributed by atoms with Crippen LogP contribution >= 0.6 is 0 Å². The van der Waals surface area contributed by atoms with Crippen molar-refractivity contribution in [3.05, 3.63) is 77.9 Å². The Labute approximate surface area is 152 Å². The first kappa shape index (κ1) is 18.1. The van der Waals surface area contributed by atoms with E-state index in [4.69, 9.17) is 0 Å². The summed E-state index contributed by atoms with van der Waals surface area (Å²) in [6, 6.07) is 18.3. The number of aryl methyl sites for hydroxylation is 1. The van der Waals surface area contributed by atoms with Gasteiger partial charge in [0.25, 0.3) is 0 Å². The smallest absolute Gasteiger partial charge is 0.200 e. The molecule has 0 aromatic heterocycles. The summed E-state index contributed by atoms with van der Waals surface area (Å²) in [5.41, 5.74) is 4.15. The van der Waals surface area contributed by atoms with Crippen molar-refractivity contribution < 1.29 is 13.9 Å². The fourth-order valence-electron chi connectivity index (χ4n) is 3.05. The minimum Gasteiger partial charge on any atom is -0.505 e. The summed E-state index contributed by atoms with van der Waals surface area (Å²) >= 11 is 0. The molecule has 0 radical (unpaired) electrons. The molecule has 0 aliphatic heterocycles. The molecule has 0 spiro atoms. The van der Waals surface area contributed by atoms with Crippen LogP contribution in [0.15, 0.2) is 60.7 Å². The first-order valence-corrected chi connectivity index (χ1v) is 8.97. The van der Waals surface area contributed by atoms with Crippen LogP contribution < -0.4 is 0 Å². The van der Waals surface area contributed by atoms with Crippen LogP contribution in [0.2, 0.25) is 0 Å². The molecule has 26 heavy (non-hydrogen) atoms. The number of aromatic hydroxyl groups is 1. The molecule has 0 fully saturated rings. The van der Waals surface area contributed by atoms with Gasteiger partial charge in [0.1, 0.15) is 0 Å². The molecular weight excluding hydrogens is 330 g/mol. The molecule has 0 aliphatic carbocycles. The highest BCUT2D eigenvalue weighted by Crippen LogP contribution is 2.30. The predicted molar refractivity (Wildman–Crippen MR) is 102 cm³/mol. The molecule has 3 rings (SSSR count). The Morgan fingerprint density at radius 1 is 0.692 bits per heavy atom. The van der Waals surface area contributed by atoms with Gasteiger partial charge in [-0.15, -0.1) is 0 Å². The Hall–Kier alpha value is -2.68. The lowest BCUT2D eigenvalue weighted by Gasteiger charge is -2.08. The summed E-state index contributed by atoms with van der Waals surface area (Å²) in [6.45, 7) is 2.20. The van der Waals surface area contributed by atoms with Gasteiger partial charge < -0.3 is 5.11 Å². The minimum atomic E-state index is -1.22. The zero-order valence-electron chi connectivity index (χ0n) is 14.8. The zero-order chi connectivity index (χ0) is 18.5. The SMILES string of the molecule is CCCCCc1ccc(-c2ccc(-c3ccc(O)c(F)c3F)cc2)cc1. The highest BCUT2D eigenvalue weighted by Gasteiger charge is 2.14. The van der Waals surface area contributed by atoms with E-state index in [1.807, 2.05) is 12.1 Å². The molecule has 1 N–H and O–H groups in total. The molecule has 0 unspecified atom stereocenters. The van der Waals surface area contributed by atoms with E-state index >= 15 is 0 Å². The van der Waals surface area contributed by atoms with Gasteiger partial charge in [-0.1, -0.05) is 68.3 Å². The lowest BCUT2D eigenvalue weighted by molar-refractivity contribution is 0.408. The molecule has 1 nitrogen and oxygen atoms in total. The third-order valence-corrected chi connectivity index (χ3v) is 4.61. The van der Waals surface area contributed by atoms with Crippen LogP contribution in [-0.2, 0) is 6.42 Å². The Morgan fingerprint density at radius 2 is 1.27 bits per heavy atom. The molecule has 0 atom stereocenters. The summed E-state index contributed by atoms with van der Waals surface area (Å²) in [4.78, 5) is 0. The van der Waals surface area contributed by atoms with Gasteiger partial charge in [-0.3, -0.25) is 0 Å². The number of phenolic OH excluding ortho intramolecular Hbond substituents is 1. The molecule has 134 valence electrons. The summed E-state index contributed by atoms with van der Waals surface area (Å²) in [5.74, 6) is -2.93. The first-order valence-electron chi connectivity index (χ1n) is 8.97. The van der Waals surface area contributed by atoms with Crippen LogP contribution in [0.1, 0.15) is 31.7 Å². The Balaban J connectivity index is 1.78. The van der Waals surface area contributed by atoms with Crippen LogP contribution in [0.3, 0.4) is 0 Å². The van der Waals surface area contributed by atoms with E-state index in [0.717, 1.165) is 17.5 Å². The summed E-state index contributed by atoms with van der Waals surface area (Å²) in [5, 5.41) is 9.24. The van der Waals surface area contributed by atoms with Gasteiger partial charge in [0.05, 0.1) is 0 Å². The largest absolute Gasteiger partial charge is 0.505 e. The Bertz CT molecular complexity index is 868.